The Balaban J connectivity index is 1.47. The summed E-state index contributed by atoms with van der Waals surface area (Å²) in [5, 5.41) is 3.05. The molecule has 156 valence electrons. The number of piperidine rings is 1. The summed E-state index contributed by atoms with van der Waals surface area (Å²) in [7, 11) is 0. The maximum atomic E-state index is 12.8. The Kier molecular flexibility index (Phi) is 7.74. The third kappa shape index (κ3) is 5.48. The van der Waals surface area contributed by atoms with E-state index in [1.807, 2.05) is 24.3 Å². The number of amides is 1. The van der Waals surface area contributed by atoms with E-state index in [1.54, 1.807) is 0 Å². The van der Waals surface area contributed by atoms with Crippen LogP contribution in [-0.4, -0.2) is 48.8 Å². The Morgan fingerprint density at radius 1 is 1.14 bits per heavy atom. The van der Waals surface area contributed by atoms with Gasteiger partial charge in [0.15, 0.2) is 0 Å². The van der Waals surface area contributed by atoms with E-state index in [1.165, 1.54) is 25.8 Å². The van der Waals surface area contributed by atoms with Gasteiger partial charge in [-0.2, -0.15) is 0 Å². The van der Waals surface area contributed by atoms with Gasteiger partial charge in [0.1, 0.15) is 18.0 Å². The molecular weight excluding hydrogens is 352 g/mol. The van der Waals surface area contributed by atoms with Crippen LogP contribution < -0.4 is 10.1 Å². The molecule has 1 aromatic rings. The molecule has 1 saturated carbocycles. The van der Waals surface area contributed by atoms with E-state index in [-0.39, 0.29) is 5.91 Å². The minimum Gasteiger partial charge on any atom is -0.492 e. The highest BCUT2D eigenvalue weighted by atomic mass is 16.5. The van der Waals surface area contributed by atoms with E-state index >= 15 is 0 Å². The van der Waals surface area contributed by atoms with E-state index in [0.717, 1.165) is 50.1 Å². The average molecular weight is 389 g/mol. The molecule has 1 N–H and O–H groups in total. The van der Waals surface area contributed by atoms with Crippen molar-refractivity contribution < 1.29 is 14.3 Å². The first kappa shape index (κ1) is 21.1. The molecule has 1 aromatic carbocycles. The van der Waals surface area contributed by atoms with Crippen molar-refractivity contribution in [2.75, 3.05) is 31.6 Å². The monoisotopic (exact) mass is 388 g/mol. The number of hydrogen-bond donors (Lipinski definition) is 1. The fourth-order valence-corrected chi connectivity index (χ4v) is 4.33. The Hall–Kier alpha value is -1.59. The zero-order chi connectivity index (χ0) is 19.8. The van der Waals surface area contributed by atoms with Crippen LogP contribution in [0, 0.1) is 0 Å². The molecule has 28 heavy (non-hydrogen) atoms. The molecule has 0 unspecified atom stereocenters. The van der Waals surface area contributed by atoms with Crippen molar-refractivity contribution >= 4 is 11.6 Å². The summed E-state index contributed by atoms with van der Waals surface area (Å²) in [6.45, 7) is 7.86. The highest BCUT2D eigenvalue weighted by molar-refractivity contribution is 5.97. The van der Waals surface area contributed by atoms with Crippen LogP contribution >= 0.6 is 0 Å². The van der Waals surface area contributed by atoms with Crippen molar-refractivity contribution in [2.45, 2.75) is 76.9 Å². The van der Waals surface area contributed by atoms with Gasteiger partial charge in [0.25, 0.3) is 5.91 Å². The minimum atomic E-state index is -0.643. The van der Waals surface area contributed by atoms with Crippen molar-refractivity contribution in [3.8, 4) is 5.75 Å². The maximum absolute atomic E-state index is 12.8. The van der Waals surface area contributed by atoms with Crippen LogP contribution in [0.15, 0.2) is 24.3 Å². The molecule has 0 radical (unpaired) electrons. The lowest BCUT2D eigenvalue weighted by Gasteiger charge is -2.33. The lowest BCUT2D eigenvalue weighted by molar-refractivity contribution is -0.140. The molecule has 2 aliphatic rings. The third-order valence-electron chi connectivity index (χ3n) is 6.11. The van der Waals surface area contributed by atoms with Gasteiger partial charge < -0.3 is 14.8 Å². The molecule has 1 saturated heterocycles. The second-order valence-electron chi connectivity index (χ2n) is 8.26. The molecule has 2 fully saturated rings. The second kappa shape index (κ2) is 10.3. The number of carbonyl (C=O) groups is 1. The molecule has 1 aliphatic carbocycles. The number of ether oxygens (including phenoxy) is 2. The summed E-state index contributed by atoms with van der Waals surface area (Å²) in [6, 6.07) is 8.36. The van der Waals surface area contributed by atoms with E-state index in [4.69, 9.17) is 9.47 Å². The number of anilines is 1. The van der Waals surface area contributed by atoms with E-state index in [0.29, 0.717) is 19.3 Å². The van der Waals surface area contributed by atoms with Crippen LogP contribution in [-0.2, 0) is 9.53 Å². The SMILES string of the molecule is CCCOC1(C(=O)Nc2ccc(OCCN3CCCC[C@H]3C)cc2)CCCC1. The summed E-state index contributed by atoms with van der Waals surface area (Å²) in [5.74, 6) is 0.840. The Bertz CT molecular complexity index is 611. The van der Waals surface area contributed by atoms with Gasteiger partial charge in [-0.1, -0.05) is 13.3 Å². The van der Waals surface area contributed by atoms with Gasteiger partial charge in [0.2, 0.25) is 0 Å². The minimum absolute atomic E-state index is 0.00814. The van der Waals surface area contributed by atoms with Crippen molar-refractivity contribution in [1.29, 1.82) is 0 Å². The first-order valence-electron chi connectivity index (χ1n) is 11.1. The zero-order valence-electron chi connectivity index (χ0n) is 17.5. The average Bonchev–Trinajstić information content (AvgIpc) is 3.19. The predicted octanol–water partition coefficient (Wildman–Crippen LogP) is 4.62. The largest absolute Gasteiger partial charge is 0.492 e. The molecule has 0 bridgehead atoms. The van der Waals surface area contributed by atoms with Crippen LogP contribution in [0.5, 0.6) is 5.75 Å². The van der Waals surface area contributed by atoms with Crippen LogP contribution in [0.1, 0.15) is 65.2 Å². The molecule has 1 amide bonds. The lowest BCUT2D eigenvalue weighted by Crippen LogP contribution is -2.43. The number of likely N-dealkylation sites (tertiary alicyclic amines) is 1. The van der Waals surface area contributed by atoms with Gasteiger partial charge >= 0.3 is 0 Å². The van der Waals surface area contributed by atoms with E-state index in [2.05, 4.69) is 24.1 Å². The fraction of sp³-hybridized carbons (Fsp3) is 0.696. The summed E-state index contributed by atoms with van der Waals surface area (Å²) in [6.07, 6.45) is 8.59. The molecule has 5 nitrogen and oxygen atoms in total. The van der Waals surface area contributed by atoms with Crippen LogP contribution in [0.4, 0.5) is 5.69 Å². The maximum Gasteiger partial charge on any atom is 0.256 e. The number of rotatable bonds is 9. The summed E-state index contributed by atoms with van der Waals surface area (Å²) >= 11 is 0. The zero-order valence-corrected chi connectivity index (χ0v) is 17.5. The van der Waals surface area contributed by atoms with Crippen LogP contribution in [0.2, 0.25) is 0 Å². The van der Waals surface area contributed by atoms with E-state index < -0.39 is 5.60 Å². The normalized spacial score (nSPS) is 22.1. The van der Waals surface area contributed by atoms with Crippen molar-refractivity contribution in [1.82, 2.24) is 4.90 Å². The van der Waals surface area contributed by atoms with E-state index in [9.17, 15) is 4.79 Å². The summed E-state index contributed by atoms with van der Waals surface area (Å²) < 4.78 is 11.9. The Morgan fingerprint density at radius 3 is 2.57 bits per heavy atom. The number of nitrogens with one attached hydrogen (secondary N) is 1. The second-order valence-corrected chi connectivity index (χ2v) is 8.26. The smallest absolute Gasteiger partial charge is 0.256 e. The lowest BCUT2D eigenvalue weighted by atomic mass is 10.0. The first-order valence-corrected chi connectivity index (χ1v) is 11.1. The Morgan fingerprint density at radius 2 is 1.89 bits per heavy atom. The molecule has 1 aliphatic heterocycles. The number of benzene rings is 1. The van der Waals surface area contributed by atoms with Crippen molar-refractivity contribution in [2.24, 2.45) is 0 Å². The number of carbonyl (C=O) groups excluding carboxylic acids is 1. The van der Waals surface area contributed by atoms with Crippen molar-refractivity contribution in [3.05, 3.63) is 24.3 Å². The number of hydrogen-bond acceptors (Lipinski definition) is 4. The molecule has 3 rings (SSSR count). The van der Waals surface area contributed by atoms with Crippen LogP contribution in [0.25, 0.3) is 0 Å². The third-order valence-corrected chi connectivity index (χ3v) is 6.11. The molecule has 0 spiro atoms. The standard InChI is InChI=1S/C23H36N2O3/c1-3-17-28-23(13-5-6-14-23)22(26)24-20-9-11-21(12-10-20)27-18-16-25-15-7-4-8-19(25)2/h9-12,19H,3-8,13-18H2,1-2H3,(H,24,26)/t19-/m1/s1. The topological polar surface area (TPSA) is 50.8 Å². The number of nitrogens with zero attached hydrogens (tertiary/aromatic N) is 1. The highest BCUT2D eigenvalue weighted by Crippen LogP contribution is 2.34. The van der Waals surface area contributed by atoms with Gasteiger partial charge in [-0.05, 0) is 82.7 Å². The summed E-state index contributed by atoms with van der Waals surface area (Å²) in [4.78, 5) is 15.3. The van der Waals surface area contributed by atoms with Crippen LogP contribution in [0.3, 0.4) is 0 Å². The Labute approximate surface area is 169 Å². The van der Waals surface area contributed by atoms with Gasteiger partial charge in [-0.15, -0.1) is 0 Å². The fourth-order valence-electron chi connectivity index (χ4n) is 4.33. The molecular formula is C23H36N2O3. The highest BCUT2D eigenvalue weighted by Gasteiger charge is 2.42. The van der Waals surface area contributed by atoms with Gasteiger partial charge in [-0.3, -0.25) is 9.69 Å². The van der Waals surface area contributed by atoms with Gasteiger partial charge in [0.05, 0.1) is 0 Å². The molecule has 0 aromatic heterocycles. The molecule has 5 heteroatoms. The molecule has 1 heterocycles. The quantitative estimate of drug-likeness (QED) is 0.671. The van der Waals surface area contributed by atoms with Crippen molar-refractivity contribution in [3.63, 3.8) is 0 Å². The summed E-state index contributed by atoms with van der Waals surface area (Å²) in [5.41, 5.74) is 0.157. The van der Waals surface area contributed by atoms with Gasteiger partial charge in [-0.25, -0.2) is 0 Å². The molecule has 1 atom stereocenters. The first-order chi connectivity index (χ1) is 13.6. The van der Waals surface area contributed by atoms with Gasteiger partial charge in [0, 0.05) is 24.9 Å². The predicted molar refractivity (Wildman–Crippen MR) is 113 cm³/mol.